The lowest BCUT2D eigenvalue weighted by atomic mass is 10.1. The van der Waals surface area contributed by atoms with Crippen molar-refractivity contribution in [3.63, 3.8) is 0 Å². The van der Waals surface area contributed by atoms with Crippen LogP contribution in [-0.4, -0.2) is 9.49 Å². The summed E-state index contributed by atoms with van der Waals surface area (Å²) in [6, 6.07) is 10.1. The molecule has 1 aromatic carbocycles. The van der Waals surface area contributed by atoms with Crippen LogP contribution in [0.15, 0.2) is 41.3 Å². The first-order valence-corrected chi connectivity index (χ1v) is 5.86. The van der Waals surface area contributed by atoms with Gasteiger partial charge < -0.3 is 4.57 Å². The first-order chi connectivity index (χ1) is 9.51. The summed E-state index contributed by atoms with van der Waals surface area (Å²) in [7, 11) is 0. The van der Waals surface area contributed by atoms with Crippen LogP contribution in [0.25, 0.3) is 0 Å². The molecule has 0 aliphatic heterocycles. The molecule has 0 saturated heterocycles. The predicted octanol–water partition coefficient (Wildman–Crippen LogP) is 1.98. The highest BCUT2D eigenvalue weighted by Gasteiger charge is 2.11. The molecule has 0 saturated carbocycles. The molecular weight excluding hydrogens is 258 g/mol. The maximum Gasteiger partial charge on any atom is 0.286 e. The largest absolute Gasteiger partial charge is 0.304 e. The molecule has 0 amide bonds. The van der Waals surface area contributed by atoms with Gasteiger partial charge >= 0.3 is 0 Å². The molecule has 1 heterocycles. The third-order valence-corrected chi connectivity index (χ3v) is 2.87. The van der Waals surface area contributed by atoms with Gasteiger partial charge in [-0.15, -0.1) is 0 Å². The summed E-state index contributed by atoms with van der Waals surface area (Å²) in [6.45, 7) is 1.73. The molecule has 0 aliphatic carbocycles. The Hall–Kier alpha value is -2.94. The van der Waals surface area contributed by atoms with Gasteiger partial charge in [0.25, 0.3) is 11.2 Å². The van der Waals surface area contributed by atoms with Crippen LogP contribution in [0, 0.1) is 28.4 Å². The highest BCUT2D eigenvalue weighted by Crippen LogP contribution is 2.12. The van der Waals surface area contributed by atoms with Crippen molar-refractivity contribution in [2.75, 3.05) is 0 Å². The van der Waals surface area contributed by atoms with Crippen molar-refractivity contribution in [2.45, 2.75) is 13.5 Å². The number of hydrogen-bond acceptors (Lipinski definition) is 4. The average Bonchev–Trinajstić information content (AvgIpc) is 2.43. The van der Waals surface area contributed by atoms with Crippen LogP contribution < -0.4 is 5.56 Å². The highest BCUT2D eigenvalue weighted by atomic mass is 16.6. The topological polar surface area (TPSA) is 88.9 Å². The zero-order chi connectivity index (χ0) is 14.7. The molecule has 0 radical (unpaired) electrons. The van der Waals surface area contributed by atoms with Crippen molar-refractivity contribution < 1.29 is 4.92 Å². The number of aryl methyl sites for hydroxylation is 1. The Morgan fingerprint density at radius 3 is 2.80 bits per heavy atom. The van der Waals surface area contributed by atoms with Crippen LogP contribution in [0.1, 0.15) is 16.7 Å². The monoisotopic (exact) mass is 269 g/mol. The molecule has 0 aliphatic rings. The molecule has 20 heavy (non-hydrogen) atoms. The van der Waals surface area contributed by atoms with Crippen LogP contribution in [0.4, 0.5) is 5.69 Å². The summed E-state index contributed by atoms with van der Waals surface area (Å²) < 4.78 is 1.28. The van der Waals surface area contributed by atoms with Gasteiger partial charge in [-0.1, -0.05) is 12.1 Å². The summed E-state index contributed by atoms with van der Waals surface area (Å²) in [5.41, 5.74) is 1.14. The Morgan fingerprint density at radius 2 is 2.15 bits per heavy atom. The molecule has 0 bridgehead atoms. The maximum atomic E-state index is 12.0. The number of nitrogens with zero attached hydrogens (tertiary/aromatic N) is 3. The molecule has 6 heteroatoms. The zero-order valence-corrected chi connectivity index (χ0v) is 10.7. The fourth-order valence-corrected chi connectivity index (χ4v) is 1.92. The van der Waals surface area contributed by atoms with E-state index in [9.17, 15) is 14.9 Å². The van der Waals surface area contributed by atoms with Crippen molar-refractivity contribution in [1.29, 1.82) is 5.26 Å². The van der Waals surface area contributed by atoms with Gasteiger partial charge in [0.2, 0.25) is 0 Å². The SMILES string of the molecule is Cc1cc([N+](=O)[O-])cn(Cc2cccc(C#N)c2)c1=O. The van der Waals surface area contributed by atoms with Gasteiger partial charge in [-0.3, -0.25) is 14.9 Å². The first kappa shape index (κ1) is 13.5. The number of nitro groups is 1. The van der Waals surface area contributed by atoms with Crippen LogP contribution in [0.2, 0.25) is 0 Å². The van der Waals surface area contributed by atoms with Gasteiger partial charge in [0, 0.05) is 11.6 Å². The maximum absolute atomic E-state index is 12.0. The molecule has 6 nitrogen and oxygen atoms in total. The Morgan fingerprint density at radius 1 is 1.40 bits per heavy atom. The van der Waals surface area contributed by atoms with E-state index in [1.807, 2.05) is 6.07 Å². The molecule has 100 valence electrons. The normalized spacial score (nSPS) is 10.0. The summed E-state index contributed by atoms with van der Waals surface area (Å²) in [4.78, 5) is 22.3. The van der Waals surface area contributed by atoms with Crippen molar-refractivity contribution in [2.24, 2.45) is 0 Å². The zero-order valence-electron chi connectivity index (χ0n) is 10.7. The van der Waals surface area contributed by atoms with E-state index in [2.05, 4.69) is 0 Å². The van der Waals surface area contributed by atoms with E-state index in [0.717, 1.165) is 5.56 Å². The van der Waals surface area contributed by atoms with Gasteiger partial charge in [0.15, 0.2) is 0 Å². The molecule has 2 aromatic rings. The molecule has 0 N–H and O–H groups in total. The van der Waals surface area contributed by atoms with Crippen molar-refractivity contribution >= 4 is 5.69 Å². The van der Waals surface area contributed by atoms with Crippen molar-refractivity contribution in [3.05, 3.63) is 73.7 Å². The Balaban J connectivity index is 2.45. The van der Waals surface area contributed by atoms with E-state index in [0.29, 0.717) is 11.1 Å². The molecular formula is C14H11N3O3. The van der Waals surface area contributed by atoms with Gasteiger partial charge in [-0.2, -0.15) is 5.26 Å². The van der Waals surface area contributed by atoms with Crippen LogP contribution in [0.5, 0.6) is 0 Å². The predicted molar refractivity (Wildman–Crippen MR) is 72.4 cm³/mol. The number of hydrogen-bond donors (Lipinski definition) is 0. The Labute approximate surface area is 114 Å². The van der Waals surface area contributed by atoms with Gasteiger partial charge in [-0.25, -0.2) is 0 Å². The second-order valence-corrected chi connectivity index (χ2v) is 4.38. The summed E-state index contributed by atoms with van der Waals surface area (Å²) in [5, 5.41) is 19.7. The minimum Gasteiger partial charge on any atom is -0.304 e. The Bertz CT molecular complexity index is 772. The molecule has 2 rings (SSSR count). The number of nitriles is 1. The second kappa shape index (κ2) is 5.36. The van der Waals surface area contributed by atoms with E-state index in [4.69, 9.17) is 5.26 Å². The van der Waals surface area contributed by atoms with Gasteiger partial charge in [-0.05, 0) is 24.6 Å². The van der Waals surface area contributed by atoms with E-state index in [-0.39, 0.29) is 17.8 Å². The molecule has 0 atom stereocenters. The lowest BCUT2D eigenvalue weighted by Gasteiger charge is -2.07. The quantitative estimate of drug-likeness (QED) is 0.629. The average molecular weight is 269 g/mol. The third kappa shape index (κ3) is 2.72. The number of pyridine rings is 1. The van der Waals surface area contributed by atoms with Crippen molar-refractivity contribution in [3.8, 4) is 6.07 Å². The highest BCUT2D eigenvalue weighted by molar-refractivity contribution is 5.34. The van der Waals surface area contributed by atoms with Crippen LogP contribution >= 0.6 is 0 Å². The number of benzene rings is 1. The van der Waals surface area contributed by atoms with E-state index < -0.39 is 4.92 Å². The molecule has 1 aromatic heterocycles. The standard InChI is InChI=1S/C14H11N3O3/c1-10-5-13(17(19)20)9-16(14(10)18)8-12-4-2-3-11(6-12)7-15/h2-6,9H,8H2,1H3. The smallest absolute Gasteiger partial charge is 0.286 e. The van der Waals surface area contributed by atoms with Crippen LogP contribution in [0.3, 0.4) is 0 Å². The molecule has 0 fully saturated rings. The fourth-order valence-electron chi connectivity index (χ4n) is 1.92. The van der Waals surface area contributed by atoms with E-state index >= 15 is 0 Å². The Kier molecular flexibility index (Phi) is 3.62. The third-order valence-electron chi connectivity index (χ3n) is 2.87. The van der Waals surface area contributed by atoms with E-state index in [1.165, 1.54) is 23.8 Å². The number of aromatic nitrogens is 1. The van der Waals surface area contributed by atoms with E-state index in [1.54, 1.807) is 24.3 Å². The van der Waals surface area contributed by atoms with Gasteiger partial charge in [0.1, 0.15) is 0 Å². The second-order valence-electron chi connectivity index (χ2n) is 4.38. The lowest BCUT2D eigenvalue weighted by molar-refractivity contribution is -0.385. The summed E-state index contributed by atoms with van der Waals surface area (Å²) in [6.07, 6.45) is 1.22. The minimum absolute atomic E-state index is 0.126. The molecule has 0 spiro atoms. The minimum atomic E-state index is -0.533. The molecule has 0 unspecified atom stereocenters. The fraction of sp³-hybridized carbons (Fsp3) is 0.143. The van der Waals surface area contributed by atoms with Crippen LogP contribution in [-0.2, 0) is 6.54 Å². The first-order valence-electron chi connectivity index (χ1n) is 5.86. The van der Waals surface area contributed by atoms with Gasteiger partial charge in [0.05, 0.1) is 29.3 Å². The lowest BCUT2D eigenvalue weighted by Crippen LogP contribution is -2.22. The summed E-state index contributed by atoms with van der Waals surface area (Å²) in [5.74, 6) is 0. The summed E-state index contributed by atoms with van der Waals surface area (Å²) >= 11 is 0. The van der Waals surface area contributed by atoms with Crippen molar-refractivity contribution in [1.82, 2.24) is 4.57 Å². The number of rotatable bonds is 3.